The van der Waals surface area contributed by atoms with E-state index in [-0.39, 0.29) is 0 Å². The van der Waals surface area contributed by atoms with Gasteiger partial charge in [-0.15, -0.1) is 12.8 Å². The summed E-state index contributed by atoms with van der Waals surface area (Å²) in [6, 6.07) is 44.8. The minimum atomic E-state index is 0.709. The maximum atomic E-state index is 6.84. The molecule has 1 N–H and O–H groups in total. The van der Waals surface area contributed by atoms with Crippen LogP contribution in [0.5, 0.6) is 0 Å². The molecule has 0 fully saturated rings. The van der Waals surface area contributed by atoms with Crippen LogP contribution in [0, 0.1) is 24.7 Å². The molecule has 2 aliphatic rings. The SMILES string of the molecule is C#Cc1ccc(-c2c3nc(c(-c4ccccc4)c4ccc(o4)c(-c4ccccc4)c4nc(c(-c5ccc(C#C)cc5)c5ccc2[nH]5)C=C4)C=C3)cc1. The number of H-pyrrole nitrogens is 1. The number of rotatable bonds is 4. The van der Waals surface area contributed by atoms with Gasteiger partial charge in [0.15, 0.2) is 0 Å². The molecule has 2 aliphatic heterocycles. The van der Waals surface area contributed by atoms with E-state index in [4.69, 9.17) is 27.2 Å². The Bertz CT molecular complexity index is 2630. The second kappa shape index (κ2) is 12.8. The third-order valence-corrected chi connectivity index (χ3v) is 9.43. The monoisotopic (exact) mass is 663 g/mol. The van der Waals surface area contributed by atoms with Gasteiger partial charge >= 0.3 is 0 Å². The Labute approximate surface area is 301 Å². The normalized spacial score (nSPS) is 11.7. The van der Waals surface area contributed by atoms with E-state index in [1.165, 1.54) is 0 Å². The van der Waals surface area contributed by atoms with Crippen LogP contribution >= 0.6 is 0 Å². The zero-order chi connectivity index (χ0) is 35.0. The average molecular weight is 664 g/mol. The third-order valence-electron chi connectivity index (χ3n) is 9.43. The fourth-order valence-electron chi connectivity index (χ4n) is 6.97. The second-order valence-corrected chi connectivity index (χ2v) is 12.6. The van der Waals surface area contributed by atoms with Crippen molar-refractivity contribution < 1.29 is 4.42 Å². The summed E-state index contributed by atoms with van der Waals surface area (Å²) >= 11 is 0. The second-order valence-electron chi connectivity index (χ2n) is 12.6. The molecule has 4 nitrogen and oxygen atoms in total. The van der Waals surface area contributed by atoms with Gasteiger partial charge in [0.2, 0.25) is 0 Å². The summed E-state index contributed by atoms with van der Waals surface area (Å²) in [4.78, 5) is 14.4. The van der Waals surface area contributed by atoms with Gasteiger partial charge in [0.1, 0.15) is 11.2 Å². The van der Waals surface area contributed by atoms with Crippen LogP contribution in [0.2, 0.25) is 0 Å². The minimum absolute atomic E-state index is 0.709. The zero-order valence-electron chi connectivity index (χ0n) is 28.0. The Morgan fingerprint density at radius 2 is 0.769 bits per heavy atom. The molecule has 0 aliphatic carbocycles. The molecule has 3 aromatic heterocycles. The van der Waals surface area contributed by atoms with Crippen molar-refractivity contribution >= 4 is 46.5 Å². The summed E-state index contributed by atoms with van der Waals surface area (Å²) in [5.74, 6) is 5.48. The zero-order valence-corrected chi connectivity index (χ0v) is 28.0. The van der Waals surface area contributed by atoms with Crippen molar-refractivity contribution in [2.24, 2.45) is 0 Å². The van der Waals surface area contributed by atoms with Crippen molar-refractivity contribution in [1.82, 2.24) is 15.0 Å². The smallest absolute Gasteiger partial charge is 0.137 e. The van der Waals surface area contributed by atoms with E-state index in [0.717, 1.165) is 89.4 Å². The molecular formula is C48H29N3O. The van der Waals surface area contributed by atoms with Crippen molar-refractivity contribution in [2.75, 3.05) is 0 Å². The quantitative estimate of drug-likeness (QED) is 0.191. The number of hydrogen-bond donors (Lipinski definition) is 1. The van der Waals surface area contributed by atoms with E-state index in [9.17, 15) is 0 Å². The highest BCUT2D eigenvalue weighted by molar-refractivity contribution is 5.99. The number of terminal acetylenes is 2. The highest BCUT2D eigenvalue weighted by Gasteiger charge is 2.19. The molecule has 52 heavy (non-hydrogen) atoms. The van der Waals surface area contributed by atoms with Gasteiger partial charge in [-0.25, -0.2) is 9.97 Å². The van der Waals surface area contributed by atoms with Gasteiger partial charge < -0.3 is 9.40 Å². The summed E-state index contributed by atoms with van der Waals surface area (Å²) in [6.07, 6.45) is 19.8. The average Bonchev–Trinajstić information content (AvgIpc) is 4.04. The number of fused-ring (bicyclic) bond motifs is 8. The van der Waals surface area contributed by atoms with Crippen LogP contribution in [0.3, 0.4) is 0 Å². The van der Waals surface area contributed by atoms with E-state index in [0.29, 0.717) is 11.2 Å². The lowest BCUT2D eigenvalue weighted by molar-refractivity contribution is 0.667. The van der Waals surface area contributed by atoms with Crippen LogP contribution in [-0.2, 0) is 0 Å². The molecule has 242 valence electrons. The highest BCUT2D eigenvalue weighted by Crippen LogP contribution is 2.39. The maximum Gasteiger partial charge on any atom is 0.137 e. The Hall–Kier alpha value is -7.40. The van der Waals surface area contributed by atoms with E-state index >= 15 is 0 Å². The van der Waals surface area contributed by atoms with Crippen molar-refractivity contribution in [3.8, 4) is 69.2 Å². The predicted octanol–water partition coefficient (Wildman–Crippen LogP) is 11.6. The number of nitrogens with zero attached hydrogens (tertiary/aromatic N) is 2. The van der Waals surface area contributed by atoms with Crippen LogP contribution in [0.25, 0.3) is 91.0 Å². The van der Waals surface area contributed by atoms with Crippen LogP contribution in [0.4, 0.5) is 0 Å². The first-order valence-corrected chi connectivity index (χ1v) is 17.0. The van der Waals surface area contributed by atoms with Gasteiger partial charge in [-0.2, -0.15) is 0 Å². The molecule has 0 radical (unpaired) electrons. The molecule has 0 atom stereocenters. The Morgan fingerprint density at radius 3 is 1.15 bits per heavy atom. The van der Waals surface area contributed by atoms with Gasteiger partial charge in [-0.3, -0.25) is 0 Å². The standard InChI is InChI=1S/C48H29N3O/c1-3-31-15-19-35(20-16-31)45-37-23-24-38(49-37)46(36-21-17-32(4-2)18-22-36)40-26-28-42(51-40)48(34-13-9-6-10-14-34)44-30-29-43(52-44)47(33-11-7-5-8-12-33)41-27-25-39(45)50-41/h1-2,5-30,49H. The lowest BCUT2D eigenvalue weighted by atomic mass is 10.0. The van der Waals surface area contributed by atoms with E-state index < -0.39 is 0 Å². The van der Waals surface area contributed by atoms with E-state index in [1.807, 2.05) is 97.1 Å². The van der Waals surface area contributed by atoms with Crippen LogP contribution in [0.1, 0.15) is 33.9 Å². The maximum absolute atomic E-state index is 6.84. The molecule has 4 aromatic carbocycles. The molecule has 0 unspecified atom stereocenters. The first-order chi connectivity index (χ1) is 25.7. The Kier molecular flexibility index (Phi) is 7.55. The van der Waals surface area contributed by atoms with Crippen LogP contribution in [-0.4, -0.2) is 15.0 Å². The number of aromatic nitrogens is 3. The van der Waals surface area contributed by atoms with Crippen molar-refractivity contribution in [2.45, 2.75) is 0 Å². The van der Waals surface area contributed by atoms with E-state index in [2.05, 4.69) is 77.5 Å². The summed E-state index contributed by atoms with van der Waals surface area (Å²) in [6.45, 7) is 0. The van der Waals surface area contributed by atoms with Gasteiger partial charge in [-0.05, 0) is 95.1 Å². The molecule has 9 rings (SSSR count). The molecule has 7 aromatic rings. The molecule has 5 heterocycles. The number of furan rings is 1. The topological polar surface area (TPSA) is 54.7 Å². The number of hydrogen-bond acceptors (Lipinski definition) is 3. The van der Waals surface area contributed by atoms with Gasteiger partial charge in [0.05, 0.1) is 33.9 Å². The molecule has 8 bridgehead atoms. The summed E-state index contributed by atoms with van der Waals surface area (Å²) < 4.78 is 6.84. The minimum Gasteiger partial charge on any atom is -0.456 e. The van der Waals surface area contributed by atoms with Crippen LogP contribution in [0.15, 0.2) is 138 Å². The summed E-state index contributed by atoms with van der Waals surface area (Å²) in [7, 11) is 0. The molecule has 4 heteroatoms. The molecule has 0 saturated carbocycles. The van der Waals surface area contributed by atoms with Crippen molar-refractivity contribution in [3.63, 3.8) is 0 Å². The Morgan fingerprint density at radius 1 is 0.404 bits per heavy atom. The van der Waals surface area contributed by atoms with Gasteiger partial charge in [0.25, 0.3) is 0 Å². The molecular weight excluding hydrogens is 635 g/mol. The lowest BCUT2D eigenvalue weighted by Crippen LogP contribution is -1.89. The number of benzene rings is 4. The third kappa shape index (κ3) is 5.42. The fourth-order valence-corrected chi connectivity index (χ4v) is 6.97. The molecule has 0 saturated heterocycles. The highest BCUT2D eigenvalue weighted by atomic mass is 16.3. The molecule has 0 spiro atoms. The largest absolute Gasteiger partial charge is 0.456 e. The van der Waals surface area contributed by atoms with E-state index in [1.54, 1.807) is 0 Å². The first-order valence-electron chi connectivity index (χ1n) is 17.0. The van der Waals surface area contributed by atoms with Gasteiger partial charge in [0, 0.05) is 33.3 Å². The summed E-state index contributed by atoms with van der Waals surface area (Å²) in [5, 5.41) is 0. The van der Waals surface area contributed by atoms with Crippen molar-refractivity contribution in [1.29, 1.82) is 0 Å². The Balaban J connectivity index is 1.46. The molecule has 0 amide bonds. The summed E-state index contributed by atoms with van der Waals surface area (Å²) in [5.41, 5.74) is 15.7. The van der Waals surface area contributed by atoms with Crippen LogP contribution < -0.4 is 0 Å². The lowest BCUT2D eigenvalue weighted by Gasteiger charge is -2.07. The van der Waals surface area contributed by atoms with Crippen molar-refractivity contribution in [3.05, 3.63) is 167 Å². The fraction of sp³-hybridized carbons (Fsp3) is 0. The first kappa shape index (κ1) is 30.6. The van der Waals surface area contributed by atoms with Gasteiger partial charge in [-0.1, -0.05) is 96.8 Å². The number of aromatic amines is 1. The predicted molar refractivity (Wildman–Crippen MR) is 214 cm³/mol. The number of nitrogens with one attached hydrogen (secondary N) is 1.